The predicted octanol–water partition coefficient (Wildman–Crippen LogP) is 6.09. The van der Waals surface area contributed by atoms with E-state index in [0.717, 1.165) is 11.1 Å². The highest BCUT2D eigenvalue weighted by molar-refractivity contribution is 9.08. The molecule has 0 aliphatic heterocycles. The molecule has 0 aromatic heterocycles. The van der Waals surface area contributed by atoms with E-state index in [0.29, 0.717) is 5.92 Å². The molecule has 0 radical (unpaired) electrons. The van der Waals surface area contributed by atoms with Gasteiger partial charge in [-0.1, -0.05) is 68.7 Å². The summed E-state index contributed by atoms with van der Waals surface area (Å²) in [5.41, 5.74) is 2.58. The van der Waals surface area contributed by atoms with Gasteiger partial charge in [0.15, 0.2) is 0 Å². The van der Waals surface area contributed by atoms with Gasteiger partial charge in [-0.3, -0.25) is 0 Å². The minimum Gasteiger partial charge on any atom is -0.543 e. The molecule has 0 atom stereocenters. The van der Waals surface area contributed by atoms with Gasteiger partial charge in [-0.05, 0) is 29.6 Å². The van der Waals surface area contributed by atoms with Crippen LogP contribution in [0.2, 0.25) is 18.1 Å². The number of alkyl halides is 1. The first kappa shape index (κ1) is 16.8. The Labute approximate surface area is 128 Å². The largest absolute Gasteiger partial charge is 0.543 e. The van der Waals surface area contributed by atoms with E-state index in [1.54, 1.807) is 0 Å². The Bertz CT molecular complexity index is 433. The van der Waals surface area contributed by atoms with Gasteiger partial charge in [-0.15, -0.1) is 0 Å². The summed E-state index contributed by atoms with van der Waals surface area (Å²) in [7, 11) is -1.79. The quantitative estimate of drug-likeness (QED) is 0.475. The number of hydrogen-bond donors (Lipinski definition) is 0. The maximum Gasteiger partial charge on any atom is 0.250 e. The number of benzene rings is 1. The first-order valence-electron chi connectivity index (χ1n) is 6.97. The first-order chi connectivity index (χ1) is 8.60. The van der Waals surface area contributed by atoms with E-state index in [2.05, 4.69) is 81.8 Å². The molecular formula is C16H27BrOSi. The highest BCUT2D eigenvalue weighted by Crippen LogP contribution is 2.41. The molecule has 0 aliphatic rings. The molecule has 0 saturated carbocycles. The van der Waals surface area contributed by atoms with E-state index < -0.39 is 8.32 Å². The van der Waals surface area contributed by atoms with Crippen molar-refractivity contribution in [3.05, 3.63) is 29.3 Å². The van der Waals surface area contributed by atoms with Gasteiger partial charge in [0.1, 0.15) is 5.75 Å². The van der Waals surface area contributed by atoms with E-state index in [-0.39, 0.29) is 5.04 Å². The SMILES string of the molecule is CC(C)c1cccc(CBr)c1O[Si](C)(C)C(C)(C)C. The van der Waals surface area contributed by atoms with E-state index in [1.165, 1.54) is 11.1 Å². The Morgan fingerprint density at radius 3 is 2.21 bits per heavy atom. The number of hydrogen-bond acceptors (Lipinski definition) is 1. The fourth-order valence-electron chi connectivity index (χ4n) is 1.70. The molecule has 3 heteroatoms. The average Bonchev–Trinajstić information content (AvgIpc) is 2.26. The Balaban J connectivity index is 3.26. The zero-order valence-corrected chi connectivity index (χ0v) is 15.9. The summed E-state index contributed by atoms with van der Waals surface area (Å²) in [4.78, 5) is 0. The van der Waals surface area contributed by atoms with Gasteiger partial charge in [-0.2, -0.15) is 0 Å². The highest BCUT2D eigenvalue weighted by atomic mass is 79.9. The van der Waals surface area contributed by atoms with Crippen LogP contribution in [0.4, 0.5) is 0 Å². The minimum absolute atomic E-state index is 0.223. The third kappa shape index (κ3) is 3.85. The van der Waals surface area contributed by atoms with E-state index in [4.69, 9.17) is 4.43 Å². The molecule has 108 valence electrons. The maximum atomic E-state index is 6.59. The Morgan fingerprint density at radius 1 is 1.21 bits per heavy atom. The van der Waals surface area contributed by atoms with Crippen LogP contribution < -0.4 is 4.43 Å². The van der Waals surface area contributed by atoms with Gasteiger partial charge in [0.05, 0.1) is 0 Å². The average molecular weight is 343 g/mol. The summed E-state index contributed by atoms with van der Waals surface area (Å²) < 4.78 is 6.59. The third-order valence-electron chi connectivity index (χ3n) is 4.06. The molecule has 1 aromatic rings. The fraction of sp³-hybridized carbons (Fsp3) is 0.625. The molecule has 1 aromatic carbocycles. The summed E-state index contributed by atoms with van der Waals surface area (Å²) in [5, 5.41) is 1.07. The van der Waals surface area contributed by atoms with E-state index >= 15 is 0 Å². The van der Waals surface area contributed by atoms with Crippen molar-refractivity contribution in [2.24, 2.45) is 0 Å². The molecule has 0 bridgehead atoms. The van der Waals surface area contributed by atoms with Crippen LogP contribution in [0.15, 0.2) is 18.2 Å². The van der Waals surface area contributed by atoms with Crippen LogP contribution in [0, 0.1) is 0 Å². The zero-order chi connectivity index (χ0) is 14.8. The number of halogens is 1. The summed E-state index contributed by atoms with van der Waals surface area (Å²) in [6.45, 7) is 15.9. The lowest BCUT2D eigenvalue weighted by Crippen LogP contribution is -2.44. The van der Waals surface area contributed by atoms with Crippen molar-refractivity contribution in [3.8, 4) is 5.75 Å². The van der Waals surface area contributed by atoms with Crippen molar-refractivity contribution in [1.29, 1.82) is 0 Å². The molecule has 0 unspecified atom stereocenters. The molecule has 0 heterocycles. The fourth-order valence-corrected chi connectivity index (χ4v) is 3.20. The first-order valence-corrected chi connectivity index (χ1v) is 11.0. The van der Waals surface area contributed by atoms with Gasteiger partial charge in [0.25, 0.3) is 8.32 Å². The molecule has 0 N–H and O–H groups in total. The second-order valence-electron chi connectivity index (χ2n) is 6.99. The van der Waals surface area contributed by atoms with Gasteiger partial charge < -0.3 is 4.43 Å². The van der Waals surface area contributed by atoms with Crippen molar-refractivity contribution in [2.45, 2.75) is 64.0 Å². The van der Waals surface area contributed by atoms with E-state index in [9.17, 15) is 0 Å². The van der Waals surface area contributed by atoms with Crippen LogP contribution in [-0.2, 0) is 5.33 Å². The number of para-hydroxylation sites is 1. The maximum absolute atomic E-state index is 6.59. The van der Waals surface area contributed by atoms with Crippen molar-refractivity contribution in [2.75, 3.05) is 0 Å². The molecular weight excluding hydrogens is 316 g/mol. The third-order valence-corrected chi connectivity index (χ3v) is 8.99. The van der Waals surface area contributed by atoms with Crippen molar-refractivity contribution in [3.63, 3.8) is 0 Å². The Morgan fingerprint density at radius 2 is 1.79 bits per heavy atom. The second-order valence-corrected chi connectivity index (χ2v) is 12.3. The molecule has 1 rings (SSSR count). The Kier molecular flexibility index (Phi) is 5.30. The van der Waals surface area contributed by atoms with Crippen LogP contribution in [-0.4, -0.2) is 8.32 Å². The lowest BCUT2D eigenvalue weighted by molar-refractivity contribution is 0.481. The normalized spacial score (nSPS) is 12.9. The smallest absolute Gasteiger partial charge is 0.250 e. The number of rotatable bonds is 4. The van der Waals surface area contributed by atoms with E-state index in [1.807, 2.05) is 0 Å². The summed E-state index contributed by atoms with van der Waals surface area (Å²) in [6.07, 6.45) is 0. The zero-order valence-electron chi connectivity index (χ0n) is 13.3. The molecule has 19 heavy (non-hydrogen) atoms. The van der Waals surface area contributed by atoms with Crippen LogP contribution in [0.1, 0.15) is 51.7 Å². The van der Waals surface area contributed by atoms with Crippen LogP contribution >= 0.6 is 15.9 Å². The second kappa shape index (κ2) is 6.00. The van der Waals surface area contributed by atoms with Crippen LogP contribution in [0.5, 0.6) is 5.75 Å². The lowest BCUT2D eigenvalue weighted by Gasteiger charge is -2.38. The molecule has 0 aliphatic carbocycles. The molecule has 0 amide bonds. The van der Waals surface area contributed by atoms with Crippen molar-refractivity contribution >= 4 is 24.2 Å². The van der Waals surface area contributed by atoms with Gasteiger partial charge in [0, 0.05) is 10.9 Å². The standard InChI is InChI=1S/C16H27BrOSi/c1-12(2)14-10-8-9-13(11-17)15(14)18-19(6,7)16(3,4)5/h8-10,12H,11H2,1-7H3. The van der Waals surface area contributed by atoms with Gasteiger partial charge in [-0.25, -0.2) is 0 Å². The lowest BCUT2D eigenvalue weighted by atomic mass is 10.00. The summed E-state index contributed by atoms with van der Waals surface area (Å²) >= 11 is 3.59. The molecule has 0 spiro atoms. The minimum atomic E-state index is -1.79. The van der Waals surface area contributed by atoms with Gasteiger partial charge in [0.2, 0.25) is 0 Å². The van der Waals surface area contributed by atoms with Crippen molar-refractivity contribution < 1.29 is 4.43 Å². The molecule has 0 saturated heterocycles. The Hall–Kier alpha value is -0.283. The highest BCUT2D eigenvalue weighted by Gasteiger charge is 2.39. The topological polar surface area (TPSA) is 9.23 Å². The van der Waals surface area contributed by atoms with Crippen LogP contribution in [0.3, 0.4) is 0 Å². The monoisotopic (exact) mass is 342 g/mol. The molecule has 0 fully saturated rings. The molecule has 1 nitrogen and oxygen atoms in total. The predicted molar refractivity (Wildman–Crippen MR) is 91.0 cm³/mol. The summed E-state index contributed by atoms with van der Waals surface area (Å²) in [5.74, 6) is 1.60. The summed E-state index contributed by atoms with van der Waals surface area (Å²) in [6, 6.07) is 6.48. The van der Waals surface area contributed by atoms with Crippen LogP contribution in [0.25, 0.3) is 0 Å². The van der Waals surface area contributed by atoms with Crippen molar-refractivity contribution in [1.82, 2.24) is 0 Å². The van der Waals surface area contributed by atoms with Gasteiger partial charge >= 0.3 is 0 Å².